The van der Waals surface area contributed by atoms with Gasteiger partial charge in [-0.2, -0.15) is 0 Å². The van der Waals surface area contributed by atoms with Crippen LogP contribution in [0.25, 0.3) is 5.57 Å². The summed E-state index contributed by atoms with van der Waals surface area (Å²) in [6.07, 6.45) is 6.21. The molecule has 0 atom stereocenters. The molecule has 116 valence electrons. The number of allylic oxidation sites excluding steroid dienone is 2. The Morgan fingerprint density at radius 2 is 2.09 bits per heavy atom. The Balaban J connectivity index is 2.03. The maximum absolute atomic E-state index is 14.7. The molecule has 2 aliphatic heterocycles. The minimum absolute atomic E-state index is 0.501. The number of hydrogen-bond acceptors (Lipinski definition) is 1. The third kappa shape index (κ3) is 2.03. The molecule has 7 heteroatoms. The highest BCUT2D eigenvalue weighted by molar-refractivity contribution is 9.10. The van der Waals surface area contributed by atoms with E-state index in [1.807, 2.05) is 18.2 Å². The SMILES string of the molecule is COc1cc(Br)cc(C2=C3C=CC=[N+]3[B-](F)(F)n3cccc32)c1. The smallest absolute Gasteiger partial charge is 0.497 e. The van der Waals surface area contributed by atoms with Crippen molar-refractivity contribution < 1.29 is 17.9 Å². The van der Waals surface area contributed by atoms with Gasteiger partial charge in [-0.05, 0) is 42.1 Å². The van der Waals surface area contributed by atoms with Crippen LogP contribution in [0.15, 0.2) is 58.9 Å². The molecular weight excluding hydrogens is 365 g/mol. The molecule has 3 nitrogen and oxygen atoms in total. The average molecular weight is 377 g/mol. The Bertz CT molecular complexity index is 915. The molecule has 1 aromatic heterocycles. The maximum Gasteiger partial charge on any atom is 0.737 e. The van der Waals surface area contributed by atoms with Crippen LogP contribution in [0.4, 0.5) is 8.63 Å². The van der Waals surface area contributed by atoms with Crippen LogP contribution in [-0.4, -0.2) is 29.3 Å². The summed E-state index contributed by atoms with van der Waals surface area (Å²) in [5.74, 6) is 0.668. The van der Waals surface area contributed by atoms with Crippen LogP contribution in [0, 0.1) is 0 Å². The molecule has 0 saturated carbocycles. The van der Waals surface area contributed by atoms with E-state index < -0.39 is 6.97 Å². The predicted molar refractivity (Wildman–Crippen MR) is 90.0 cm³/mol. The minimum atomic E-state index is -3.87. The number of fused-ring (bicyclic) bond motifs is 2. The molecule has 0 bridgehead atoms. The van der Waals surface area contributed by atoms with Crippen LogP contribution in [0.5, 0.6) is 5.75 Å². The van der Waals surface area contributed by atoms with Gasteiger partial charge in [0.25, 0.3) is 0 Å². The Hall–Kier alpha value is -2.15. The maximum atomic E-state index is 14.7. The molecule has 0 N–H and O–H groups in total. The summed E-state index contributed by atoms with van der Waals surface area (Å²) >= 11 is 3.45. The Kier molecular flexibility index (Phi) is 3.09. The van der Waals surface area contributed by atoms with Crippen molar-refractivity contribution in [3.63, 3.8) is 0 Å². The third-order valence-corrected chi connectivity index (χ3v) is 4.59. The van der Waals surface area contributed by atoms with Gasteiger partial charge in [0.15, 0.2) is 5.70 Å². The molecule has 0 radical (unpaired) electrons. The van der Waals surface area contributed by atoms with E-state index in [9.17, 15) is 8.63 Å². The topological polar surface area (TPSA) is 17.2 Å². The Morgan fingerprint density at radius 3 is 2.87 bits per heavy atom. The number of methoxy groups -OCH3 is 1. The number of nitrogens with zero attached hydrogens (tertiary/aromatic N) is 2. The highest BCUT2D eigenvalue weighted by Gasteiger charge is 2.51. The number of ether oxygens (including phenoxy) is 1. The lowest BCUT2D eigenvalue weighted by atomic mass is 9.86. The quantitative estimate of drug-likeness (QED) is 0.726. The average Bonchev–Trinajstić information content (AvgIpc) is 3.16. The number of aromatic nitrogens is 1. The molecule has 2 aromatic rings. The molecule has 0 saturated heterocycles. The number of halogens is 3. The number of benzene rings is 1. The molecule has 2 aliphatic rings. The fraction of sp³-hybridized carbons (Fsp3) is 0.0625. The normalized spacial score (nSPS) is 17.8. The van der Waals surface area contributed by atoms with Crippen molar-refractivity contribution in [3.05, 3.63) is 70.1 Å². The van der Waals surface area contributed by atoms with E-state index in [0.717, 1.165) is 24.6 Å². The fourth-order valence-corrected chi connectivity index (χ4v) is 3.61. The van der Waals surface area contributed by atoms with E-state index in [0.29, 0.717) is 17.1 Å². The van der Waals surface area contributed by atoms with E-state index in [2.05, 4.69) is 15.9 Å². The molecule has 1 aromatic carbocycles. The van der Waals surface area contributed by atoms with Crippen molar-refractivity contribution in [2.45, 2.75) is 0 Å². The van der Waals surface area contributed by atoms with Crippen LogP contribution in [0.1, 0.15) is 11.3 Å². The van der Waals surface area contributed by atoms with Gasteiger partial charge in [0.2, 0.25) is 0 Å². The molecule has 23 heavy (non-hydrogen) atoms. The molecule has 0 spiro atoms. The van der Waals surface area contributed by atoms with Gasteiger partial charge in [0.05, 0.1) is 12.7 Å². The molecule has 0 amide bonds. The van der Waals surface area contributed by atoms with E-state index in [1.165, 1.54) is 12.4 Å². The van der Waals surface area contributed by atoms with Crippen molar-refractivity contribution in [2.24, 2.45) is 0 Å². The van der Waals surface area contributed by atoms with Gasteiger partial charge in [0, 0.05) is 22.3 Å². The first-order chi connectivity index (χ1) is 11.0. The summed E-state index contributed by atoms with van der Waals surface area (Å²) < 4.78 is 37.7. The monoisotopic (exact) mass is 376 g/mol. The summed E-state index contributed by atoms with van der Waals surface area (Å²) in [7, 11) is 1.58. The Morgan fingerprint density at radius 1 is 1.26 bits per heavy atom. The van der Waals surface area contributed by atoms with E-state index >= 15 is 0 Å². The Labute approximate surface area is 140 Å². The molecule has 3 heterocycles. The fourth-order valence-electron chi connectivity index (χ4n) is 3.14. The number of rotatable bonds is 2. The van der Waals surface area contributed by atoms with Crippen molar-refractivity contribution in [1.29, 1.82) is 0 Å². The first kappa shape index (κ1) is 14.4. The largest absolute Gasteiger partial charge is 0.737 e. The van der Waals surface area contributed by atoms with Crippen molar-refractivity contribution >= 4 is 34.7 Å². The van der Waals surface area contributed by atoms with Gasteiger partial charge in [-0.3, -0.25) is 0 Å². The highest BCUT2D eigenvalue weighted by Crippen LogP contribution is 2.39. The van der Waals surface area contributed by atoms with E-state index in [4.69, 9.17) is 4.74 Å². The summed E-state index contributed by atoms with van der Waals surface area (Å²) in [5, 5.41) is 0. The summed E-state index contributed by atoms with van der Waals surface area (Å²) in [4.78, 5) is 0. The van der Waals surface area contributed by atoms with Crippen molar-refractivity contribution in [2.75, 3.05) is 7.11 Å². The van der Waals surface area contributed by atoms with Crippen LogP contribution in [0.2, 0.25) is 0 Å². The van der Waals surface area contributed by atoms with E-state index in [-0.39, 0.29) is 0 Å². The van der Waals surface area contributed by atoms with Crippen LogP contribution in [0.3, 0.4) is 0 Å². The predicted octanol–water partition coefficient (Wildman–Crippen LogP) is 3.91. The zero-order chi connectivity index (χ0) is 16.2. The highest BCUT2D eigenvalue weighted by atomic mass is 79.9. The first-order valence-electron chi connectivity index (χ1n) is 7.11. The second-order valence-electron chi connectivity index (χ2n) is 5.44. The summed E-state index contributed by atoms with van der Waals surface area (Å²) in [6.45, 7) is -3.87. The van der Waals surface area contributed by atoms with Gasteiger partial charge < -0.3 is 22.3 Å². The van der Waals surface area contributed by atoms with Gasteiger partial charge in [-0.1, -0.05) is 15.9 Å². The van der Waals surface area contributed by atoms with Crippen LogP contribution >= 0.6 is 15.9 Å². The van der Waals surface area contributed by atoms with Crippen molar-refractivity contribution in [3.8, 4) is 5.75 Å². The lowest BCUT2D eigenvalue weighted by Gasteiger charge is -2.31. The van der Waals surface area contributed by atoms with E-state index in [1.54, 1.807) is 31.4 Å². The molecular formula is C16H12BBrF2N2O. The standard InChI is InChI=1S/C16H12BBrF2N2O/c1-23-13-9-11(8-12(18)10-13)16-14-4-2-6-21(14)17(19,20)22-7-3-5-15(16)22/h2-10H,1H3. The molecule has 0 aliphatic carbocycles. The molecule has 4 rings (SSSR count). The van der Waals surface area contributed by atoms with Crippen LogP contribution < -0.4 is 4.74 Å². The van der Waals surface area contributed by atoms with Gasteiger partial charge in [-0.15, -0.1) is 0 Å². The molecule has 0 unspecified atom stereocenters. The van der Waals surface area contributed by atoms with Gasteiger partial charge in [0.1, 0.15) is 12.0 Å². The van der Waals surface area contributed by atoms with Gasteiger partial charge in [-0.25, -0.2) is 0 Å². The first-order valence-corrected chi connectivity index (χ1v) is 7.90. The summed E-state index contributed by atoms with van der Waals surface area (Å²) in [5.41, 5.74) is 2.58. The third-order valence-electron chi connectivity index (χ3n) is 4.14. The van der Waals surface area contributed by atoms with Gasteiger partial charge >= 0.3 is 6.97 Å². The zero-order valence-electron chi connectivity index (χ0n) is 12.2. The molecule has 0 fully saturated rings. The lowest BCUT2D eigenvalue weighted by molar-refractivity contribution is -0.356. The lowest BCUT2D eigenvalue weighted by Crippen LogP contribution is -2.49. The van der Waals surface area contributed by atoms with Crippen LogP contribution in [-0.2, 0) is 0 Å². The summed E-state index contributed by atoms with van der Waals surface area (Å²) in [6, 6.07) is 8.96. The second kappa shape index (κ2) is 4.93. The minimum Gasteiger partial charge on any atom is -0.497 e. The number of hydrogen-bond donors (Lipinski definition) is 0. The zero-order valence-corrected chi connectivity index (χ0v) is 13.8. The van der Waals surface area contributed by atoms with Crippen molar-refractivity contribution in [1.82, 2.24) is 4.48 Å². The second-order valence-corrected chi connectivity index (χ2v) is 6.36.